The molecule has 7 heteroatoms. The van der Waals surface area contributed by atoms with E-state index in [9.17, 15) is 4.79 Å². The Hall–Kier alpha value is -1.69. The summed E-state index contributed by atoms with van der Waals surface area (Å²) >= 11 is 13.2. The Labute approximate surface area is 173 Å². The van der Waals surface area contributed by atoms with Crippen molar-refractivity contribution in [3.63, 3.8) is 0 Å². The van der Waals surface area contributed by atoms with E-state index in [2.05, 4.69) is 6.92 Å². The van der Waals surface area contributed by atoms with Crippen molar-refractivity contribution in [2.45, 2.75) is 44.1 Å². The molecule has 5 nitrogen and oxygen atoms in total. The number of benzene rings is 1. The summed E-state index contributed by atoms with van der Waals surface area (Å²) in [4.78, 5) is 15.6. The van der Waals surface area contributed by atoms with Gasteiger partial charge in [-0.15, -0.1) is 0 Å². The van der Waals surface area contributed by atoms with Crippen molar-refractivity contribution in [2.75, 3.05) is 24.8 Å². The molecule has 148 valence electrons. The predicted molar refractivity (Wildman–Crippen MR) is 107 cm³/mol. The molecule has 0 bridgehead atoms. The number of fused-ring (bicyclic) bond motifs is 4. The van der Waals surface area contributed by atoms with Crippen LogP contribution in [0.1, 0.15) is 38.2 Å². The highest BCUT2D eigenvalue weighted by atomic mass is 35.5. The number of carbonyl (C=O) groups is 1. The molecule has 1 spiro atoms. The molecular formula is C21H21Cl2NO4. The number of nitrogens with zero attached hydrogens (tertiary/aromatic N) is 1. The second-order valence-electron chi connectivity index (χ2n) is 7.62. The Morgan fingerprint density at radius 2 is 2.04 bits per heavy atom. The van der Waals surface area contributed by atoms with Crippen LogP contribution >= 0.6 is 23.2 Å². The molecule has 1 aromatic carbocycles. The SMILES string of the molecule is CCCCCN1C(=O)C2(COC3CC4=C(C=C32)OCO4)c2c(Cl)ccc(Cl)c21. The van der Waals surface area contributed by atoms with Gasteiger partial charge in [-0.1, -0.05) is 43.0 Å². The van der Waals surface area contributed by atoms with Gasteiger partial charge in [0.05, 0.1) is 23.4 Å². The van der Waals surface area contributed by atoms with Gasteiger partial charge in [0, 0.05) is 23.6 Å². The number of hydrogen-bond acceptors (Lipinski definition) is 4. The van der Waals surface area contributed by atoms with E-state index in [-0.39, 0.29) is 25.4 Å². The molecule has 0 N–H and O–H groups in total. The molecule has 4 aliphatic rings. The van der Waals surface area contributed by atoms with Crippen molar-refractivity contribution in [2.24, 2.45) is 0 Å². The quantitative estimate of drug-likeness (QED) is 0.660. The van der Waals surface area contributed by atoms with Crippen molar-refractivity contribution >= 4 is 34.8 Å². The minimum atomic E-state index is -0.946. The lowest BCUT2D eigenvalue weighted by Crippen LogP contribution is -2.43. The fraction of sp³-hybridized carbons (Fsp3) is 0.476. The maximum atomic E-state index is 13.8. The van der Waals surface area contributed by atoms with E-state index in [0.717, 1.165) is 41.8 Å². The first-order chi connectivity index (χ1) is 13.6. The monoisotopic (exact) mass is 421 g/mol. The normalized spacial score (nSPS) is 27.5. The molecule has 1 saturated heterocycles. The third-order valence-electron chi connectivity index (χ3n) is 6.09. The number of halogens is 2. The smallest absolute Gasteiger partial charge is 0.244 e. The molecule has 1 amide bonds. The van der Waals surface area contributed by atoms with Crippen LogP contribution in [-0.4, -0.2) is 32.0 Å². The van der Waals surface area contributed by atoms with E-state index in [1.807, 2.05) is 11.0 Å². The van der Waals surface area contributed by atoms with Crippen LogP contribution in [-0.2, 0) is 24.4 Å². The van der Waals surface area contributed by atoms with Crippen LogP contribution in [0, 0.1) is 0 Å². The van der Waals surface area contributed by atoms with Gasteiger partial charge in [0.2, 0.25) is 12.7 Å². The van der Waals surface area contributed by atoms with Crippen molar-refractivity contribution in [3.8, 4) is 0 Å². The van der Waals surface area contributed by atoms with Gasteiger partial charge in [0.15, 0.2) is 5.76 Å². The molecule has 28 heavy (non-hydrogen) atoms. The molecule has 0 saturated carbocycles. The van der Waals surface area contributed by atoms with Crippen molar-refractivity contribution in [3.05, 3.63) is 50.9 Å². The van der Waals surface area contributed by atoms with E-state index in [0.29, 0.717) is 28.8 Å². The number of ether oxygens (including phenoxy) is 3. The van der Waals surface area contributed by atoms with Crippen LogP contribution in [0.2, 0.25) is 10.0 Å². The number of allylic oxidation sites excluding steroid dienone is 1. The minimum absolute atomic E-state index is 0.00896. The lowest BCUT2D eigenvalue weighted by molar-refractivity contribution is -0.122. The Bertz CT molecular complexity index is 925. The second kappa shape index (κ2) is 6.68. The van der Waals surface area contributed by atoms with Gasteiger partial charge in [0.25, 0.3) is 0 Å². The maximum absolute atomic E-state index is 13.8. The van der Waals surface area contributed by atoms with Gasteiger partial charge in [-0.3, -0.25) is 4.79 Å². The van der Waals surface area contributed by atoms with E-state index >= 15 is 0 Å². The van der Waals surface area contributed by atoms with E-state index < -0.39 is 5.41 Å². The molecule has 0 aromatic heterocycles. The fourth-order valence-corrected chi connectivity index (χ4v) is 5.32. The molecule has 0 radical (unpaired) electrons. The van der Waals surface area contributed by atoms with Crippen LogP contribution in [0.25, 0.3) is 0 Å². The van der Waals surface area contributed by atoms with Crippen LogP contribution in [0.15, 0.2) is 35.3 Å². The first-order valence-corrected chi connectivity index (χ1v) is 10.5. The largest absolute Gasteiger partial charge is 0.458 e. The zero-order valence-electron chi connectivity index (χ0n) is 15.6. The first-order valence-electron chi connectivity index (χ1n) is 9.70. The zero-order valence-corrected chi connectivity index (χ0v) is 17.1. The summed E-state index contributed by atoms with van der Waals surface area (Å²) in [5.41, 5.74) is 1.44. The van der Waals surface area contributed by atoms with Gasteiger partial charge in [-0.05, 0) is 30.2 Å². The predicted octanol–water partition coefficient (Wildman–Crippen LogP) is 4.71. The minimum Gasteiger partial charge on any atom is -0.458 e. The maximum Gasteiger partial charge on any atom is 0.244 e. The Kier molecular flexibility index (Phi) is 4.38. The number of carbonyl (C=O) groups excluding carboxylic acids is 1. The van der Waals surface area contributed by atoms with E-state index in [1.54, 1.807) is 12.1 Å². The van der Waals surface area contributed by atoms with Gasteiger partial charge in [0.1, 0.15) is 11.2 Å². The summed E-state index contributed by atoms with van der Waals surface area (Å²) in [5.74, 6) is 1.46. The molecule has 5 rings (SSSR count). The second-order valence-corrected chi connectivity index (χ2v) is 8.43. The van der Waals surface area contributed by atoms with Gasteiger partial charge in [-0.25, -0.2) is 0 Å². The number of rotatable bonds is 4. The number of hydrogen-bond donors (Lipinski definition) is 0. The summed E-state index contributed by atoms with van der Waals surface area (Å²) < 4.78 is 17.2. The molecular weight excluding hydrogens is 401 g/mol. The molecule has 3 heterocycles. The third-order valence-corrected chi connectivity index (χ3v) is 6.71. The van der Waals surface area contributed by atoms with Gasteiger partial charge >= 0.3 is 0 Å². The Morgan fingerprint density at radius 1 is 1.21 bits per heavy atom. The topological polar surface area (TPSA) is 48.0 Å². The van der Waals surface area contributed by atoms with Crippen molar-refractivity contribution in [1.29, 1.82) is 0 Å². The van der Waals surface area contributed by atoms with Crippen molar-refractivity contribution < 1.29 is 19.0 Å². The lowest BCUT2D eigenvalue weighted by Gasteiger charge is -2.27. The highest BCUT2D eigenvalue weighted by molar-refractivity contribution is 6.38. The van der Waals surface area contributed by atoms with Crippen LogP contribution in [0.5, 0.6) is 0 Å². The van der Waals surface area contributed by atoms with E-state index in [1.165, 1.54) is 0 Å². The molecule has 3 aliphatic heterocycles. The van der Waals surface area contributed by atoms with E-state index in [4.69, 9.17) is 37.4 Å². The summed E-state index contributed by atoms with van der Waals surface area (Å²) in [6.07, 6.45) is 5.30. The summed E-state index contributed by atoms with van der Waals surface area (Å²) in [6.45, 7) is 3.21. The van der Waals surface area contributed by atoms with Crippen molar-refractivity contribution in [1.82, 2.24) is 0 Å². The van der Waals surface area contributed by atoms with Crippen LogP contribution in [0.4, 0.5) is 5.69 Å². The molecule has 1 aromatic rings. The molecule has 2 atom stereocenters. The zero-order chi connectivity index (χ0) is 19.5. The molecule has 1 aliphatic carbocycles. The average Bonchev–Trinajstić information content (AvgIpc) is 3.35. The Balaban J connectivity index is 1.66. The molecule has 2 unspecified atom stereocenters. The highest BCUT2D eigenvalue weighted by Crippen LogP contribution is 2.57. The lowest BCUT2D eigenvalue weighted by atomic mass is 9.73. The highest BCUT2D eigenvalue weighted by Gasteiger charge is 2.61. The average molecular weight is 422 g/mol. The van der Waals surface area contributed by atoms with Crippen LogP contribution < -0.4 is 4.90 Å². The van der Waals surface area contributed by atoms with Gasteiger partial charge < -0.3 is 19.1 Å². The standard InChI is InChI=1S/C21H21Cl2NO4/c1-2-3-4-7-24-19-14(23)6-5-13(22)18(19)21(20(24)25)10-26-15-9-17-16(8-12(15)21)27-11-28-17/h5-6,8,15H,2-4,7,9-11H2,1H3. The first kappa shape index (κ1) is 18.3. The number of amides is 1. The van der Waals surface area contributed by atoms with Gasteiger partial charge in [-0.2, -0.15) is 0 Å². The summed E-state index contributed by atoms with van der Waals surface area (Å²) in [6, 6.07) is 3.53. The molecule has 1 fully saturated rings. The summed E-state index contributed by atoms with van der Waals surface area (Å²) in [7, 11) is 0. The fourth-order valence-electron chi connectivity index (χ4n) is 4.75. The third kappa shape index (κ3) is 2.39. The Morgan fingerprint density at radius 3 is 2.86 bits per heavy atom. The summed E-state index contributed by atoms with van der Waals surface area (Å²) in [5, 5.41) is 1.08. The van der Waals surface area contributed by atoms with Crippen LogP contribution in [0.3, 0.4) is 0 Å². The number of anilines is 1. The number of unbranched alkanes of at least 4 members (excludes halogenated alkanes) is 2.